The van der Waals surface area contributed by atoms with Crippen molar-refractivity contribution in [2.24, 2.45) is 5.73 Å². The Hall–Kier alpha value is -5.62. The van der Waals surface area contributed by atoms with E-state index in [2.05, 4.69) is 67.3 Å². The number of methoxy groups -OCH3 is 3. The molecule has 0 saturated carbocycles. The second kappa shape index (κ2) is 42.2. The Balaban J connectivity index is -0.000000480. The van der Waals surface area contributed by atoms with Crippen molar-refractivity contribution in [2.75, 3.05) is 28.4 Å². The van der Waals surface area contributed by atoms with Crippen molar-refractivity contribution >= 4 is 147 Å². The first-order valence-electron chi connectivity index (χ1n) is 22.6. The minimum absolute atomic E-state index is 0. The van der Waals surface area contributed by atoms with Gasteiger partial charge in [0.2, 0.25) is 24.7 Å². The maximum atomic E-state index is 12.5. The van der Waals surface area contributed by atoms with Crippen molar-refractivity contribution in [1.82, 2.24) is 5.32 Å². The van der Waals surface area contributed by atoms with Crippen LogP contribution in [-0.2, 0) is 53.3 Å². The van der Waals surface area contributed by atoms with Crippen LogP contribution in [0.3, 0.4) is 0 Å². The molecule has 84 heavy (non-hydrogen) atoms. The fourth-order valence-corrected chi connectivity index (χ4v) is 15.0. The van der Waals surface area contributed by atoms with Gasteiger partial charge in [0, 0.05) is 43.6 Å². The van der Waals surface area contributed by atoms with E-state index in [9.17, 15) is 36.0 Å². The average molecular weight is 1390 g/mol. The summed E-state index contributed by atoms with van der Waals surface area (Å²) in [4.78, 5) is 53.8. The molecule has 4 heterocycles. The Bertz CT molecular complexity index is 3430. The SMILES string of the molecule is C.C.C.C.C.C.CCc1ccc(S(=O)(=O)c2cccc(C(=O)OC)c2)s1.CCc1ccc(Sc2cccc(C(=O)OC)c2)s1.CNC(=O)c1cccc(S(=O)(=O)c2ccc(CN)s2)c1.COC(=O)c1cccc(S)c1.Cl.[C-]#[N+]c1ccc(Br)s1. The highest BCUT2D eigenvalue weighted by Crippen LogP contribution is 2.35. The lowest BCUT2D eigenvalue weighted by atomic mass is 10.2. The molecule has 0 atom stereocenters. The van der Waals surface area contributed by atoms with E-state index >= 15 is 0 Å². The smallest absolute Gasteiger partial charge is 0.337 e. The van der Waals surface area contributed by atoms with Gasteiger partial charge in [0.1, 0.15) is 8.42 Å². The van der Waals surface area contributed by atoms with E-state index < -0.39 is 25.6 Å². The molecule has 8 aromatic rings. The van der Waals surface area contributed by atoms with Crippen LogP contribution in [0.1, 0.15) is 114 Å². The Morgan fingerprint density at radius 1 is 0.583 bits per heavy atom. The van der Waals surface area contributed by atoms with Crippen LogP contribution in [0.2, 0.25) is 0 Å². The fourth-order valence-electron chi connectivity index (χ4n) is 6.03. The molecule has 0 fully saturated rings. The Morgan fingerprint density at radius 3 is 1.42 bits per heavy atom. The molecule has 0 aliphatic rings. The molecule has 460 valence electrons. The standard InChI is InChI=1S/C14H14O4S2.C14H14O2S2.C13H14N2O3S2.C8H8O2S.C5H2BrNS.6CH4.ClH/c1-3-11-7-8-13(19-11)20(16,17)12-6-4-5-10(9-12)14(15)18-2;1-3-11-7-8-13(17-11)18-12-6-4-5-10(9-12)14(15)16-2;1-15-13(16)9-3-2-4-11(7-9)20(17,18)12-6-5-10(8-14)19-12;1-10-8(9)6-3-2-4-7(11)5-6;1-7-5-3-2-4(6)8-5;;;;;;;/h4-9H,3H2,1-2H3;4-9H,3H2,1-2H3;2-7H,8,14H2,1H3,(H,15,16);2-5,11H,1H3;2-3H;6*1H4;1H. The zero-order valence-corrected chi connectivity index (χ0v) is 51.6. The van der Waals surface area contributed by atoms with Gasteiger partial charge in [-0.25, -0.2) is 36.1 Å². The van der Waals surface area contributed by atoms with E-state index in [1.807, 2.05) is 37.3 Å². The Kier molecular flexibility index (Phi) is 42.7. The van der Waals surface area contributed by atoms with E-state index in [1.165, 1.54) is 103 Å². The number of halogens is 2. The van der Waals surface area contributed by atoms with Gasteiger partial charge in [0.15, 0.2) is 0 Å². The van der Waals surface area contributed by atoms with Gasteiger partial charge in [-0.3, -0.25) is 4.79 Å². The summed E-state index contributed by atoms with van der Waals surface area (Å²) in [5.41, 5.74) is 7.14. The third kappa shape index (κ3) is 25.5. The molecule has 3 N–H and O–H groups in total. The van der Waals surface area contributed by atoms with Crippen molar-refractivity contribution in [2.45, 2.75) is 110 Å². The van der Waals surface area contributed by atoms with E-state index in [0.717, 1.165) is 52.5 Å². The molecule has 1 amide bonds. The first-order valence-corrected chi connectivity index (χ1v) is 30.9. The number of hydrogen-bond donors (Lipinski definition) is 3. The number of ether oxygens (including phenoxy) is 3. The number of hydrogen-bond acceptors (Lipinski definition) is 18. The number of benzene rings is 4. The van der Waals surface area contributed by atoms with Gasteiger partial charge < -0.3 is 25.3 Å². The predicted molar refractivity (Wildman–Crippen MR) is 361 cm³/mol. The van der Waals surface area contributed by atoms with Crippen LogP contribution in [0.25, 0.3) is 4.85 Å². The Labute approximate surface area is 539 Å². The van der Waals surface area contributed by atoms with Gasteiger partial charge in [-0.15, -0.1) is 70.4 Å². The largest absolute Gasteiger partial charge is 0.465 e. The zero-order valence-electron chi connectivity index (χ0n) is 42.6. The minimum atomic E-state index is -3.61. The second-order valence-electron chi connectivity index (χ2n) is 15.1. The van der Waals surface area contributed by atoms with Gasteiger partial charge in [-0.2, -0.15) is 0 Å². The summed E-state index contributed by atoms with van der Waals surface area (Å²) in [5, 5.41) is 3.20. The summed E-state index contributed by atoms with van der Waals surface area (Å²) in [6.45, 7) is 11.0. The molecular weight excluding hydrogens is 1310 g/mol. The molecule has 0 spiro atoms. The number of esters is 3. The molecule has 4 aromatic carbocycles. The first-order chi connectivity index (χ1) is 36.8. The summed E-state index contributed by atoms with van der Waals surface area (Å²) in [7, 11) is -1.68. The third-order valence-electron chi connectivity index (χ3n) is 9.95. The topological polar surface area (TPSA) is 207 Å². The number of aryl methyl sites for hydroxylation is 2. The van der Waals surface area contributed by atoms with Crippen LogP contribution < -0.4 is 11.1 Å². The van der Waals surface area contributed by atoms with Crippen LogP contribution in [0.15, 0.2) is 182 Å². The summed E-state index contributed by atoms with van der Waals surface area (Å²) in [6.07, 6.45) is 1.86. The van der Waals surface area contributed by atoms with E-state index in [-0.39, 0.29) is 98.6 Å². The number of nitrogens with zero attached hydrogens (tertiary/aromatic N) is 1. The molecule has 0 radical (unpaired) electrons. The van der Waals surface area contributed by atoms with Crippen LogP contribution in [-0.4, -0.2) is 69.0 Å². The Morgan fingerprint density at radius 2 is 1.01 bits per heavy atom. The zero-order chi connectivity index (χ0) is 56.7. The quantitative estimate of drug-likeness (QED) is 0.0426. The number of nitrogens with two attached hydrogens (primary N) is 1. The van der Waals surface area contributed by atoms with E-state index in [1.54, 1.807) is 83.8 Å². The summed E-state index contributed by atoms with van der Waals surface area (Å²) in [5.74, 6) is -1.50. The molecule has 0 unspecified atom stereocenters. The monoisotopic (exact) mass is 1390 g/mol. The van der Waals surface area contributed by atoms with E-state index in [0.29, 0.717) is 23.2 Å². The van der Waals surface area contributed by atoms with Gasteiger partial charge in [0.05, 0.1) is 62.4 Å². The van der Waals surface area contributed by atoms with Gasteiger partial charge in [-0.1, -0.05) is 94.4 Å². The molecular formula is C60H77BrClN3O11S8. The number of thiol groups is 1. The minimum Gasteiger partial charge on any atom is -0.465 e. The maximum Gasteiger partial charge on any atom is 0.337 e. The average Bonchev–Trinajstić information content (AvgIpc) is 4.44. The summed E-state index contributed by atoms with van der Waals surface area (Å²) >= 11 is 14.6. The molecule has 14 nitrogen and oxygen atoms in total. The second-order valence-corrected chi connectivity index (χ2v) is 27.2. The number of thiophene rings is 4. The van der Waals surface area contributed by atoms with Crippen molar-refractivity contribution in [1.29, 1.82) is 0 Å². The number of rotatable bonds is 13. The highest BCUT2D eigenvalue weighted by atomic mass is 79.9. The molecule has 0 aliphatic heterocycles. The molecule has 0 aliphatic carbocycles. The van der Waals surface area contributed by atoms with Gasteiger partial charge in [-0.05, 0) is 150 Å². The van der Waals surface area contributed by atoms with Gasteiger partial charge >= 0.3 is 17.9 Å². The highest BCUT2D eigenvalue weighted by Gasteiger charge is 2.23. The third-order valence-corrected chi connectivity index (χ3v) is 20.9. The van der Waals surface area contributed by atoms with Crippen LogP contribution in [0, 0.1) is 6.57 Å². The van der Waals surface area contributed by atoms with Crippen LogP contribution in [0.5, 0.6) is 0 Å². The maximum absolute atomic E-state index is 12.5. The highest BCUT2D eigenvalue weighted by molar-refractivity contribution is 9.11. The summed E-state index contributed by atoms with van der Waals surface area (Å²) < 4.78 is 66.5. The number of sulfone groups is 2. The number of amides is 1. The number of carbonyl (C=O) groups is 4. The van der Waals surface area contributed by atoms with Crippen molar-refractivity contribution in [3.63, 3.8) is 0 Å². The molecule has 24 heteroatoms. The molecule has 0 bridgehead atoms. The lowest BCUT2D eigenvalue weighted by Crippen LogP contribution is -2.18. The lowest BCUT2D eigenvalue weighted by Gasteiger charge is -2.04. The van der Waals surface area contributed by atoms with E-state index in [4.69, 9.17) is 17.0 Å². The van der Waals surface area contributed by atoms with Crippen LogP contribution in [0.4, 0.5) is 5.00 Å². The molecule has 8 rings (SSSR count). The normalized spacial score (nSPS) is 9.62. The molecule has 4 aromatic heterocycles. The van der Waals surface area contributed by atoms with Crippen molar-refractivity contribution in [3.05, 3.63) is 198 Å². The fraction of sp³-hybridized carbons (Fsp3) is 0.250. The van der Waals surface area contributed by atoms with Crippen molar-refractivity contribution < 1.29 is 50.2 Å². The molecule has 0 saturated heterocycles. The van der Waals surface area contributed by atoms with Crippen molar-refractivity contribution in [3.8, 4) is 0 Å². The lowest BCUT2D eigenvalue weighted by molar-refractivity contribution is 0.0591. The number of nitrogens with one attached hydrogen (secondary N) is 1. The first kappa shape index (κ1) is 84.8. The summed E-state index contributed by atoms with van der Waals surface area (Å²) in [6, 6.07) is 40.8. The predicted octanol–water partition coefficient (Wildman–Crippen LogP) is 17.6. The number of carbonyl (C=O) groups excluding carboxylic acids is 4. The van der Waals surface area contributed by atoms with Crippen LogP contribution >= 0.6 is 98.1 Å². The van der Waals surface area contributed by atoms with Gasteiger partial charge in [0.25, 0.3) is 5.91 Å².